The lowest BCUT2D eigenvalue weighted by Crippen LogP contribution is -2.14. The van der Waals surface area contributed by atoms with E-state index in [0.29, 0.717) is 12.5 Å². The molecule has 1 aromatic heterocycles. The summed E-state index contributed by atoms with van der Waals surface area (Å²) in [4.78, 5) is 8.93. The van der Waals surface area contributed by atoms with Crippen LogP contribution in [0.25, 0.3) is 0 Å². The Hall–Kier alpha value is -0.610. The molecule has 1 aromatic rings. The molecule has 1 fully saturated rings. The maximum absolute atomic E-state index is 5.61. The van der Waals surface area contributed by atoms with Gasteiger partial charge in [0, 0.05) is 24.2 Å². The van der Waals surface area contributed by atoms with Crippen LogP contribution in [-0.2, 0) is 6.54 Å². The van der Waals surface area contributed by atoms with Crippen LogP contribution in [-0.4, -0.2) is 16.2 Å². The Morgan fingerprint density at radius 1 is 1.57 bits per heavy atom. The SMILES string of the molecule is CSc1nc(C2CCC2)ncc1CN. The molecule has 0 spiro atoms. The average molecular weight is 209 g/mol. The topological polar surface area (TPSA) is 51.8 Å². The van der Waals surface area contributed by atoms with Gasteiger partial charge in [-0.25, -0.2) is 9.97 Å². The van der Waals surface area contributed by atoms with E-state index < -0.39 is 0 Å². The molecular formula is C10H15N3S. The molecule has 1 saturated carbocycles. The number of thioether (sulfide) groups is 1. The van der Waals surface area contributed by atoms with E-state index in [4.69, 9.17) is 5.73 Å². The normalized spacial score (nSPS) is 16.7. The van der Waals surface area contributed by atoms with Gasteiger partial charge in [-0.05, 0) is 19.1 Å². The van der Waals surface area contributed by atoms with Gasteiger partial charge < -0.3 is 5.73 Å². The molecule has 0 saturated heterocycles. The Morgan fingerprint density at radius 3 is 2.86 bits per heavy atom. The van der Waals surface area contributed by atoms with Crippen LogP contribution in [0.15, 0.2) is 11.2 Å². The van der Waals surface area contributed by atoms with Gasteiger partial charge in [0.25, 0.3) is 0 Å². The zero-order valence-corrected chi connectivity index (χ0v) is 9.18. The van der Waals surface area contributed by atoms with Crippen LogP contribution >= 0.6 is 11.8 Å². The Balaban J connectivity index is 2.26. The largest absolute Gasteiger partial charge is 0.326 e. The Bertz CT molecular complexity index is 323. The molecule has 76 valence electrons. The maximum Gasteiger partial charge on any atom is 0.132 e. The molecule has 0 unspecified atom stereocenters. The van der Waals surface area contributed by atoms with Crippen molar-refractivity contribution in [2.24, 2.45) is 5.73 Å². The van der Waals surface area contributed by atoms with Crippen LogP contribution in [0.4, 0.5) is 0 Å². The minimum absolute atomic E-state index is 0.529. The summed E-state index contributed by atoms with van der Waals surface area (Å²) in [6, 6.07) is 0. The predicted octanol–water partition coefficient (Wildman–Crippen LogP) is 1.92. The smallest absolute Gasteiger partial charge is 0.132 e. The first-order valence-electron chi connectivity index (χ1n) is 4.95. The zero-order valence-electron chi connectivity index (χ0n) is 8.36. The van der Waals surface area contributed by atoms with Crippen molar-refractivity contribution in [3.8, 4) is 0 Å². The Kier molecular flexibility index (Phi) is 3.03. The van der Waals surface area contributed by atoms with Gasteiger partial charge in [0.05, 0.1) is 0 Å². The molecule has 2 N–H and O–H groups in total. The lowest BCUT2D eigenvalue weighted by Gasteiger charge is -2.24. The zero-order chi connectivity index (χ0) is 9.97. The highest BCUT2D eigenvalue weighted by Crippen LogP contribution is 2.35. The molecule has 2 rings (SSSR count). The lowest BCUT2D eigenvalue weighted by molar-refractivity contribution is 0.398. The van der Waals surface area contributed by atoms with Gasteiger partial charge in [-0.3, -0.25) is 0 Å². The first-order valence-corrected chi connectivity index (χ1v) is 6.17. The van der Waals surface area contributed by atoms with Crippen molar-refractivity contribution in [3.05, 3.63) is 17.6 Å². The summed E-state index contributed by atoms with van der Waals surface area (Å²) in [7, 11) is 0. The molecule has 1 aliphatic carbocycles. The van der Waals surface area contributed by atoms with Crippen LogP contribution in [0.5, 0.6) is 0 Å². The highest BCUT2D eigenvalue weighted by Gasteiger charge is 2.22. The second-order valence-corrected chi connectivity index (χ2v) is 4.39. The van der Waals surface area contributed by atoms with Crippen molar-refractivity contribution in [2.45, 2.75) is 36.8 Å². The molecule has 1 heterocycles. The van der Waals surface area contributed by atoms with Crippen molar-refractivity contribution in [1.82, 2.24) is 9.97 Å². The summed E-state index contributed by atoms with van der Waals surface area (Å²) in [5.74, 6) is 1.62. The molecule has 0 bridgehead atoms. The van der Waals surface area contributed by atoms with Crippen LogP contribution in [0.2, 0.25) is 0 Å². The first-order chi connectivity index (χ1) is 6.85. The molecule has 3 nitrogen and oxygen atoms in total. The number of hydrogen-bond donors (Lipinski definition) is 1. The van der Waals surface area contributed by atoms with E-state index in [1.807, 2.05) is 12.5 Å². The summed E-state index contributed by atoms with van der Waals surface area (Å²) in [5, 5.41) is 1.05. The minimum atomic E-state index is 0.529. The Labute approximate surface area is 88.5 Å². The lowest BCUT2D eigenvalue weighted by atomic mass is 9.85. The van der Waals surface area contributed by atoms with Crippen molar-refractivity contribution in [2.75, 3.05) is 6.26 Å². The number of rotatable bonds is 3. The van der Waals surface area contributed by atoms with E-state index in [0.717, 1.165) is 16.4 Å². The van der Waals surface area contributed by atoms with E-state index >= 15 is 0 Å². The van der Waals surface area contributed by atoms with E-state index in [-0.39, 0.29) is 0 Å². The third kappa shape index (κ3) is 1.77. The Morgan fingerprint density at radius 2 is 2.36 bits per heavy atom. The molecule has 0 amide bonds. The van der Waals surface area contributed by atoms with Gasteiger partial charge in [-0.15, -0.1) is 11.8 Å². The fourth-order valence-corrected chi connectivity index (χ4v) is 2.17. The second kappa shape index (κ2) is 4.28. The number of hydrogen-bond acceptors (Lipinski definition) is 4. The third-order valence-electron chi connectivity index (χ3n) is 2.73. The van der Waals surface area contributed by atoms with Crippen molar-refractivity contribution >= 4 is 11.8 Å². The molecule has 4 heteroatoms. The average Bonchev–Trinajstić information content (AvgIpc) is 2.15. The molecule has 1 aliphatic rings. The first kappa shape index (κ1) is 9.93. The van der Waals surface area contributed by atoms with Crippen LogP contribution in [0.1, 0.15) is 36.6 Å². The maximum atomic E-state index is 5.61. The summed E-state index contributed by atoms with van der Waals surface area (Å²) in [6.07, 6.45) is 7.73. The van der Waals surface area contributed by atoms with Gasteiger partial charge >= 0.3 is 0 Å². The molecule has 0 aliphatic heterocycles. The molecule has 0 radical (unpaired) electrons. The van der Waals surface area contributed by atoms with Gasteiger partial charge in [0.1, 0.15) is 10.9 Å². The monoisotopic (exact) mass is 209 g/mol. The fourth-order valence-electron chi connectivity index (χ4n) is 1.58. The minimum Gasteiger partial charge on any atom is -0.326 e. The van der Waals surface area contributed by atoms with E-state index in [1.54, 1.807) is 11.8 Å². The summed E-state index contributed by atoms with van der Waals surface area (Å²) in [5.41, 5.74) is 6.66. The van der Waals surface area contributed by atoms with Crippen molar-refractivity contribution in [1.29, 1.82) is 0 Å². The van der Waals surface area contributed by atoms with Gasteiger partial charge in [-0.2, -0.15) is 0 Å². The van der Waals surface area contributed by atoms with Crippen LogP contribution < -0.4 is 5.73 Å². The summed E-state index contributed by atoms with van der Waals surface area (Å²) < 4.78 is 0. The summed E-state index contributed by atoms with van der Waals surface area (Å²) in [6.45, 7) is 0.529. The summed E-state index contributed by atoms with van der Waals surface area (Å²) >= 11 is 1.66. The number of nitrogens with two attached hydrogens (primary N) is 1. The highest BCUT2D eigenvalue weighted by molar-refractivity contribution is 7.98. The van der Waals surface area contributed by atoms with Gasteiger partial charge in [-0.1, -0.05) is 6.42 Å². The van der Waals surface area contributed by atoms with Crippen LogP contribution in [0.3, 0.4) is 0 Å². The van der Waals surface area contributed by atoms with Crippen molar-refractivity contribution < 1.29 is 0 Å². The molecule has 14 heavy (non-hydrogen) atoms. The quantitative estimate of drug-likeness (QED) is 0.610. The molecular weight excluding hydrogens is 194 g/mol. The fraction of sp³-hybridized carbons (Fsp3) is 0.600. The second-order valence-electron chi connectivity index (χ2n) is 3.59. The van der Waals surface area contributed by atoms with Crippen molar-refractivity contribution in [3.63, 3.8) is 0 Å². The molecule has 0 atom stereocenters. The van der Waals surface area contributed by atoms with Crippen LogP contribution in [0, 0.1) is 0 Å². The van der Waals surface area contributed by atoms with Gasteiger partial charge in [0.15, 0.2) is 0 Å². The number of aromatic nitrogens is 2. The van der Waals surface area contributed by atoms with Gasteiger partial charge in [0.2, 0.25) is 0 Å². The molecule has 0 aromatic carbocycles. The highest BCUT2D eigenvalue weighted by atomic mass is 32.2. The third-order valence-corrected chi connectivity index (χ3v) is 3.47. The van der Waals surface area contributed by atoms with E-state index in [9.17, 15) is 0 Å². The predicted molar refractivity (Wildman–Crippen MR) is 58.3 cm³/mol. The standard InChI is InChI=1S/C10H15N3S/c1-14-10-8(5-11)6-12-9(13-10)7-3-2-4-7/h6-7H,2-5,11H2,1H3. The number of nitrogens with zero attached hydrogens (tertiary/aromatic N) is 2. The van der Waals surface area contributed by atoms with E-state index in [2.05, 4.69) is 9.97 Å². The van der Waals surface area contributed by atoms with E-state index in [1.165, 1.54) is 19.3 Å².